The largest absolute Gasteiger partial charge is 0.329 e. The number of nitrogens with one attached hydrogen (secondary N) is 1. The van der Waals surface area contributed by atoms with Crippen molar-refractivity contribution in [1.82, 2.24) is 5.32 Å². The topological polar surface area (TPSA) is 49.4 Å². The molecule has 3 rings (SSSR count). The molecule has 0 aromatic heterocycles. The number of carbonyl (C=O) groups is 2. The number of benzene rings is 1. The van der Waals surface area contributed by atoms with Gasteiger partial charge in [-0.05, 0) is 36.5 Å². The number of amides is 3. The van der Waals surface area contributed by atoms with E-state index in [0.29, 0.717) is 5.69 Å². The summed E-state index contributed by atoms with van der Waals surface area (Å²) in [7, 11) is 0. The third-order valence-electron chi connectivity index (χ3n) is 3.60. The Kier molecular flexibility index (Phi) is 2.86. The Morgan fingerprint density at radius 3 is 2.53 bits per heavy atom. The molecule has 2 unspecified atom stereocenters. The van der Waals surface area contributed by atoms with Crippen molar-refractivity contribution in [1.29, 1.82) is 0 Å². The Morgan fingerprint density at radius 1 is 1.16 bits per heavy atom. The third kappa shape index (κ3) is 1.85. The molecule has 19 heavy (non-hydrogen) atoms. The van der Waals surface area contributed by atoms with Crippen molar-refractivity contribution < 1.29 is 9.59 Å². The number of allylic oxidation sites excluding steroid dienone is 1. The molecule has 0 aliphatic carbocycles. The van der Waals surface area contributed by atoms with Gasteiger partial charge in [-0.25, -0.2) is 9.69 Å². The van der Waals surface area contributed by atoms with Crippen LogP contribution in [-0.4, -0.2) is 17.3 Å². The van der Waals surface area contributed by atoms with E-state index in [1.54, 1.807) is 23.9 Å². The molecular formula is C14H14N2O2S. The number of nitrogens with zero attached hydrogens (tertiary/aromatic N) is 1. The summed E-state index contributed by atoms with van der Waals surface area (Å²) < 4.78 is 0. The number of para-hydroxylation sites is 1. The molecule has 2 atom stereocenters. The lowest BCUT2D eigenvalue weighted by Gasteiger charge is -2.34. The summed E-state index contributed by atoms with van der Waals surface area (Å²) in [5, 5.41) is 2.75. The van der Waals surface area contributed by atoms with Crippen LogP contribution >= 0.6 is 11.8 Å². The van der Waals surface area contributed by atoms with Gasteiger partial charge in [0, 0.05) is 0 Å². The number of carbonyl (C=O) groups excluding carboxylic acids is 2. The number of rotatable bonds is 1. The zero-order chi connectivity index (χ0) is 13.6. The summed E-state index contributed by atoms with van der Waals surface area (Å²) in [6.45, 7) is 3.95. The Labute approximate surface area is 115 Å². The molecule has 1 N–H and O–H groups in total. The van der Waals surface area contributed by atoms with Crippen molar-refractivity contribution in [3.63, 3.8) is 0 Å². The van der Waals surface area contributed by atoms with E-state index in [1.807, 2.05) is 32.0 Å². The lowest BCUT2D eigenvalue weighted by atomic mass is 9.96. The number of urea groups is 1. The highest BCUT2D eigenvalue weighted by atomic mass is 32.2. The van der Waals surface area contributed by atoms with Crippen molar-refractivity contribution in [3.8, 4) is 0 Å². The molecule has 2 aliphatic rings. The van der Waals surface area contributed by atoms with Crippen LogP contribution in [0.3, 0.4) is 0 Å². The fourth-order valence-electron chi connectivity index (χ4n) is 2.47. The Hall–Kier alpha value is -1.75. The van der Waals surface area contributed by atoms with Gasteiger partial charge in [0.2, 0.25) is 5.91 Å². The molecule has 0 bridgehead atoms. The molecule has 0 saturated carbocycles. The molecule has 5 heteroatoms. The van der Waals surface area contributed by atoms with E-state index < -0.39 is 0 Å². The van der Waals surface area contributed by atoms with Crippen LogP contribution in [0.1, 0.15) is 13.8 Å². The van der Waals surface area contributed by atoms with Crippen LogP contribution in [0.15, 0.2) is 40.8 Å². The summed E-state index contributed by atoms with van der Waals surface area (Å²) in [6.07, 6.45) is 0. The lowest BCUT2D eigenvalue weighted by Crippen LogP contribution is -2.58. The monoisotopic (exact) mass is 274 g/mol. The van der Waals surface area contributed by atoms with Crippen molar-refractivity contribution >= 4 is 29.4 Å². The smallest absolute Gasteiger partial charge is 0.324 e. The van der Waals surface area contributed by atoms with Gasteiger partial charge in [-0.15, -0.1) is 11.8 Å². The van der Waals surface area contributed by atoms with Crippen LogP contribution in [0.2, 0.25) is 0 Å². The molecular weight excluding hydrogens is 260 g/mol. The van der Waals surface area contributed by atoms with Crippen molar-refractivity contribution in [2.45, 2.75) is 19.2 Å². The van der Waals surface area contributed by atoms with E-state index in [4.69, 9.17) is 0 Å². The van der Waals surface area contributed by atoms with Gasteiger partial charge in [0.25, 0.3) is 0 Å². The summed E-state index contributed by atoms with van der Waals surface area (Å²) in [5.41, 5.74) is 1.67. The zero-order valence-electron chi connectivity index (χ0n) is 10.7. The molecule has 2 heterocycles. The van der Waals surface area contributed by atoms with E-state index in [-0.39, 0.29) is 23.2 Å². The van der Waals surface area contributed by atoms with Crippen LogP contribution in [0, 0.1) is 5.92 Å². The van der Waals surface area contributed by atoms with Crippen LogP contribution in [-0.2, 0) is 4.79 Å². The van der Waals surface area contributed by atoms with E-state index in [0.717, 1.165) is 10.5 Å². The predicted molar refractivity (Wildman–Crippen MR) is 75.7 cm³/mol. The quantitative estimate of drug-likeness (QED) is 0.856. The molecule has 3 amide bonds. The van der Waals surface area contributed by atoms with Crippen LogP contribution in [0.5, 0.6) is 0 Å². The zero-order valence-corrected chi connectivity index (χ0v) is 11.5. The molecule has 1 aromatic rings. The normalized spacial score (nSPS) is 26.5. The molecule has 1 aromatic carbocycles. The summed E-state index contributed by atoms with van der Waals surface area (Å²) in [6, 6.07) is 8.70. The summed E-state index contributed by atoms with van der Waals surface area (Å²) in [4.78, 5) is 27.1. The molecule has 1 saturated heterocycles. The maximum atomic E-state index is 12.6. The van der Waals surface area contributed by atoms with Crippen LogP contribution < -0.4 is 10.2 Å². The lowest BCUT2D eigenvalue weighted by molar-refractivity contribution is -0.121. The third-order valence-corrected chi connectivity index (χ3v) is 4.92. The van der Waals surface area contributed by atoms with Crippen LogP contribution in [0.4, 0.5) is 10.5 Å². The standard InChI is InChI=1S/C14H14N2O2S/c1-8-9(2)19-12-11(8)13(17)16(14(18)15-12)10-6-4-3-5-7-10/h3-7,11-12H,1-2H3,(H,15,18). The SMILES string of the molecule is CC1=C(C)C2C(=O)N(c3ccccc3)C(=O)NC2S1. The minimum absolute atomic E-state index is 0.137. The minimum atomic E-state index is -0.340. The van der Waals surface area contributed by atoms with Gasteiger partial charge in [-0.2, -0.15) is 0 Å². The molecule has 4 nitrogen and oxygen atoms in total. The Morgan fingerprint density at radius 2 is 1.84 bits per heavy atom. The average molecular weight is 274 g/mol. The van der Waals surface area contributed by atoms with Gasteiger partial charge in [-0.3, -0.25) is 4.79 Å². The molecule has 1 fully saturated rings. The van der Waals surface area contributed by atoms with Gasteiger partial charge >= 0.3 is 6.03 Å². The number of hydrogen-bond donors (Lipinski definition) is 1. The van der Waals surface area contributed by atoms with Gasteiger partial charge < -0.3 is 5.32 Å². The summed E-state index contributed by atoms with van der Waals surface area (Å²) >= 11 is 1.56. The van der Waals surface area contributed by atoms with Crippen molar-refractivity contribution in [2.75, 3.05) is 4.90 Å². The summed E-state index contributed by atoms with van der Waals surface area (Å²) in [5.74, 6) is -0.385. The number of imide groups is 1. The van der Waals surface area contributed by atoms with Crippen molar-refractivity contribution in [2.24, 2.45) is 5.92 Å². The van der Waals surface area contributed by atoms with Crippen LogP contribution in [0.25, 0.3) is 0 Å². The first-order valence-electron chi connectivity index (χ1n) is 6.13. The second-order valence-corrected chi connectivity index (χ2v) is 6.07. The van der Waals surface area contributed by atoms with Crippen molar-refractivity contribution in [3.05, 3.63) is 40.8 Å². The van der Waals surface area contributed by atoms with E-state index in [2.05, 4.69) is 5.32 Å². The van der Waals surface area contributed by atoms with Gasteiger partial charge in [0.15, 0.2) is 0 Å². The highest BCUT2D eigenvalue weighted by molar-refractivity contribution is 8.04. The first-order chi connectivity index (χ1) is 9.09. The van der Waals surface area contributed by atoms with E-state index in [1.165, 1.54) is 4.90 Å². The van der Waals surface area contributed by atoms with E-state index in [9.17, 15) is 9.59 Å². The Balaban J connectivity index is 1.99. The number of anilines is 1. The number of hydrogen-bond acceptors (Lipinski definition) is 3. The molecule has 0 spiro atoms. The number of thioether (sulfide) groups is 1. The Bertz CT molecular complexity index is 582. The fraction of sp³-hybridized carbons (Fsp3) is 0.286. The van der Waals surface area contributed by atoms with E-state index >= 15 is 0 Å². The highest BCUT2D eigenvalue weighted by Gasteiger charge is 2.46. The predicted octanol–water partition coefficient (Wildman–Crippen LogP) is 2.73. The van der Waals surface area contributed by atoms with Gasteiger partial charge in [-0.1, -0.05) is 18.2 Å². The first kappa shape index (κ1) is 12.3. The first-order valence-corrected chi connectivity index (χ1v) is 7.01. The fourth-order valence-corrected chi connectivity index (χ4v) is 3.78. The highest BCUT2D eigenvalue weighted by Crippen LogP contribution is 2.43. The molecule has 0 radical (unpaired) electrons. The van der Waals surface area contributed by atoms with Gasteiger partial charge in [0.05, 0.1) is 17.0 Å². The molecule has 2 aliphatic heterocycles. The molecule has 98 valence electrons. The second kappa shape index (κ2) is 4.42. The minimum Gasteiger partial charge on any atom is -0.324 e. The average Bonchev–Trinajstić information content (AvgIpc) is 2.66. The maximum Gasteiger partial charge on any atom is 0.329 e. The second-order valence-electron chi connectivity index (χ2n) is 4.71. The number of fused-ring (bicyclic) bond motifs is 1. The van der Waals surface area contributed by atoms with Gasteiger partial charge in [0.1, 0.15) is 0 Å². The maximum absolute atomic E-state index is 12.6.